The van der Waals surface area contributed by atoms with Gasteiger partial charge >= 0.3 is 5.97 Å². The molecule has 0 radical (unpaired) electrons. The normalized spacial score (nSPS) is 19.5. The smallest absolute Gasteiger partial charge is 0.302 e. The molecule has 1 aliphatic rings. The van der Waals surface area contributed by atoms with Crippen molar-refractivity contribution in [2.24, 2.45) is 11.8 Å². The fraction of sp³-hybridized carbons (Fsp3) is 0.800. The van der Waals surface area contributed by atoms with E-state index in [1.54, 1.807) is 20.8 Å². The third-order valence-corrected chi connectivity index (χ3v) is 5.80. The molecular weight excluding hydrogens is 454 g/mol. The number of nitrogens with one attached hydrogen (secondary N) is 3. The van der Waals surface area contributed by atoms with Crippen molar-refractivity contribution in [1.82, 2.24) is 16.0 Å². The van der Waals surface area contributed by atoms with E-state index in [0.717, 1.165) is 19.3 Å². The van der Waals surface area contributed by atoms with Crippen LogP contribution < -0.4 is 16.0 Å². The molecule has 0 aromatic carbocycles. The van der Waals surface area contributed by atoms with Crippen LogP contribution >= 0.6 is 0 Å². The number of Topliss-reactive ketones (excluding diaryl/α,β-unsaturated/α-hetero) is 1. The SMILES string of the molecule is CCCCCC(=O)N[C@H](C(=O)N[C@@H](COC(C)=O)C(=O)N[C@@H](CC(C)C)C(=O)[C@@]1(C)CO1)C(C)C. The van der Waals surface area contributed by atoms with Crippen LogP contribution in [0.3, 0.4) is 0 Å². The van der Waals surface area contributed by atoms with Crippen LogP contribution in [0, 0.1) is 11.8 Å². The van der Waals surface area contributed by atoms with Crippen LogP contribution in [-0.4, -0.2) is 66.4 Å². The number of esters is 1. The molecule has 0 unspecified atom stereocenters. The van der Waals surface area contributed by atoms with E-state index in [0.29, 0.717) is 12.8 Å². The summed E-state index contributed by atoms with van der Waals surface area (Å²) in [6.45, 7) is 12.2. The van der Waals surface area contributed by atoms with Crippen molar-refractivity contribution in [2.45, 2.75) is 104 Å². The molecule has 0 aliphatic carbocycles. The van der Waals surface area contributed by atoms with Crippen LogP contribution in [-0.2, 0) is 33.4 Å². The Balaban J connectivity index is 2.95. The Morgan fingerprint density at radius 1 is 0.943 bits per heavy atom. The van der Waals surface area contributed by atoms with Crippen LogP contribution in [0.4, 0.5) is 0 Å². The molecule has 3 amide bonds. The predicted octanol–water partition coefficient (Wildman–Crippen LogP) is 1.64. The quantitative estimate of drug-likeness (QED) is 0.167. The molecule has 1 aliphatic heterocycles. The first kappa shape index (κ1) is 30.5. The second-order valence-electron chi connectivity index (χ2n) is 10.2. The van der Waals surface area contributed by atoms with Gasteiger partial charge in [0.05, 0.1) is 12.6 Å². The van der Waals surface area contributed by atoms with E-state index in [4.69, 9.17) is 9.47 Å². The maximum absolute atomic E-state index is 13.1. The minimum Gasteiger partial charge on any atom is -0.463 e. The van der Waals surface area contributed by atoms with Crippen molar-refractivity contribution < 1.29 is 33.4 Å². The predicted molar refractivity (Wildman–Crippen MR) is 130 cm³/mol. The molecule has 35 heavy (non-hydrogen) atoms. The summed E-state index contributed by atoms with van der Waals surface area (Å²) in [7, 11) is 0. The van der Waals surface area contributed by atoms with Gasteiger partial charge in [-0.15, -0.1) is 0 Å². The number of hydrogen-bond donors (Lipinski definition) is 3. The fourth-order valence-corrected chi connectivity index (χ4v) is 3.56. The van der Waals surface area contributed by atoms with Crippen molar-refractivity contribution in [1.29, 1.82) is 0 Å². The third-order valence-electron chi connectivity index (χ3n) is 5.80. The minimum absolute atomic E-state index is 0.112. The lowest BCUT2D eigenvalue weighted by molar-refractivity contribution is -0.145. The minimum atomic E-state index is -1.24. The largest absolute Gasteiger partial charge is 0.463 e. The van der Waals surface area contributed by atoms with E-state index in [-0.39, 0.29) is 30.1 Å². The van der Waals surface area contributed by atoms with Gasteiger partial charge in [0.1, 0.15) is 24.3 Å². The van der Waals surface area contributed by atoms with Gasteiger partial charge in [0, 0.05) is 13.3 Å². The summed E-state index contributed by atoms with van der Waals surface area (Å²) in [5.41, 5.74) is -0.924. The van der Waals surface area contributed by atoms with Gasteiger partial charge in [-0.3, -0.25) is 24.0 Å². The van der Waals surface area contributed by atoms with Gasteiger partial charge in [-0.05, 0) is 31.6 Å². The molecule has 3 N–H and O–H groups in total. The molecular formula is C25H43N3O7. The van der Waals surface area contributed by atoms with E-state index >= 15 is 0 Å². The Morgan fingerprint density at radius 3 is 2.03 bits per heavy atom. The monoisotopic (exact) mass is 497 g/mol. The van der Waals surface area contributed by atoms with Crippen LogP contribution in [0.1, 0.15) is 80.6 Å². The Morgan fingerprint density at radius 2 is 1.54 bits per heavy atom. The van der Waals surface area contributed by atoms with Crippen LogP contribution in [0.15, 0.2) is 0 Å². The molecule has 0 aromatic rings. The first-order chi connectivity index (χ1) is 16.3. The maximum atomic E-state index is 13.1. The highest BCUT2D eigenvalue weighted by Crippen LogP contribution is 2.29. The van der Waals surface area contributed by atoms with Crippen LogP contribution in [0.5, 0.6) is 0 Å². The number of carbonyl (C=O) groups is 5. The van der Waals surface area contributed by atoms with Gasteiger partial charge in [-0.25, -0.2) is 0 Å². The van der Waals surface area contributed by atoms with Gasteiger partial charge in [-0.1, -0.05) is 47.5 Å². The summed E-state index contributed by atoms with van der Waals surface area (Å²) < 4.78 is 10.3. The van der Waals surface area contributed by atoms with Gasteiger partial charge in [0.15, 0.2) is 5.78 Å². The molecule has 1 saturated heterocycles. The highest BCUT2D eigenvalue weighted by Gasteiger charge is 2.50. The molecule has 1 heterocycles. The van der Waals surface area contributed by atoms with Gasteiger partial charge < -0.3 is 25.4 Å². The van der Waals surface area contributed by atoms with Gasteiger partial charge in [-0.2, -0.15) is 0 Å². The van der Waals surface area contributed by atoms with Crippen LogP contribution in [0.2, 0.25) is 0 Å². The fourth-order valence-electron chi connectivity index (χ4n) is 3.56. The molecule has 10 nitrogen and oxygen atoms in total. The highest BCUT2D eigenvalue weighted by molar-refractivity contribution is 5.98. The van der Waals surface area contributed by atoms with Crippen molar-refractivity contribution in [3.63, 3.8) is 0 Å². The number of ether oxygens (including phenoxy) is 2. The first-order valence-corrected chi connectivity index (χ1v) is 12.5. The molecule has 1 rings (SSSR count). The number of rotatable bonds is 16. The van der Waals surface area contributed by atoms with E-state index in [2.05, 4.69) is 16.0 Å². The molecule has 1 fully saturated rings. The summed E-state index contributed by atoms with van der Waals surface area (Å²) in [5.74, 6) is -2.45. The summed E-state index contributed by atoms with van der Waals surface area (Å²) >= 11 is 0. The zero-order valence-electron chi connectivity index (χ0n) is 22.2. The Bertz CT molecular complexity index is 762. The van der Waals surface area contributed by atoms with E-state index in [1.807, 2.05) is 20.8 Å². The molecule has 0 bridgehead atoms. The van der Waals surface area contributed by atoms with E-state index in [1.165, 1.54) is 6.92 Å². The second kappa shape index (κ2) is 14.2. The summed E-state index contributed by atoms with van der Waals surface area (Å²) in [5, 5.41) is 8.03. The summed E-state index contributed by atoms with van der Waals surface area (Å²) in [4.78, 5) is 62.7. The number of ketones is 1. The number of unbranched alkanes of at least 4 members (excludes halogenated alkanes) is 2. The molecule has 10 heteroatoms. The van der Waals surface area contributed by atoms with Crippen LogP contribution in [0.25, 0.3) is 0 Å². The van der Waals surface area contributed by atoms with E-state index in [9.17, 15) is 24.0 Å². The molecule has 200 valence electrons. The standard InChI is InChI=1S/C25H43N3O7/c1-8-9-10-11-20(30)28-21(16(4)5)24(33)27-19(13-34-17(6)29)23(32)26-18(12-15(2)3)22(31)25(7)14-35-25/h15-16,18-19,21H,8-14H2,1-7H3,(H,26,32)(H,27,33)(H,28,30)/t18-,19-,21-,25+/m0/s1. The average molecular weight is 498 g/mol. The van der Waals surface area contributed by atoms with E-state index < -0.39 is 48.1 Å². The lowest BCUT2D eigenvalue weighted by Crippen LogP contribution is -2.59. The van der Waals surface area contributed by atoms with Gasteiger partial charge in [0.2, 0.25) is 17.7 Å². The Labute approximate surface area is 208 Å². The Hall–Kier alpha value is -2.49. The second-order valence-corrected chi connectivity index (χ2v) is 10.2. The Kier molecular flexibility index (Phi) is 12.4. The molecule has 4 atom stereocenters. The van der Waals surface area contributed by atoms with Crippen molar-refractivity contribution >= 4 is 29.5 Å². The highest BCUT2D eigenvalue weighted by atomic mass is 16.6. The lowest BCUT2D eigenvalue weighted by Gasteiger charge is -2.27. The summed E-state index contributed by atoms with van der Waals surface area (Å²) in [6, 6.07) is -2.92. The topological polar surface area (TPSA) is 143 Å². The number of hydrogen-bond acceptors (Lipinski definition) is 7. The summed E-state index contributed by atoms with van der Waals surface area (Å²) in [6.07, 6.45) is 3.30. The molecule has 0 spiro atoms. The number of epoxide rings is 1. The molecule has 0 saturated carbocycles. The first-order valence-electron chi connectivity index (χ1n) is 12.5. The third kappa shape index (κ3) is 10.8. The average Bonchev–Trinajstić information content (AvgIpc) is 3.51. The van der Waals surface area contributed by atoms with Crippen molar-refractivity contribution in [3.8, 4) is 0 Å². The zero-order valence-corrected chi connectivity index (χ0v) is 22.2. The van der Waals surface area contributed by atoms with Crippen molar-refractivity contribution in [3.05, 3.63) is 0 Å². The van der Waals surface area contributed by atoms with Gasteiger partial charge in [0.25, 0.3) is 0 Å². The molecule has 0 aromatic heterocycles. The number of amides is 3. The maximum Gasteiger partial charge on any atom is 0.302 e. The number of carbonyl (C=O) groups excluding carboxylic acids is 5. The zero-order chi connectivity index (χ0) is 26.8. The lowest BCUT2D eigenvalue weighted by atomic mass is 9.93. The van der Waals surface area contributed by atoms with Crippen molar-refractivity contribution in [2.75, 3.05) is 13.2 Å².